The summed E-state index contributed by atoms with van der Waals surface area (Å²) in [4.78, 5) is 31.4. The highest BCUT2D eigenvalue weighted by molar-refractivity contribution is 5.94. The van der Waals surface area contributed by atoms with Gasteiger partial charge in [-0.3, -0.25) is 4.79 Å². The summed E-state index contributed by atoms with van der Waals surface area (Å²) in [7, 11) is 2.16. The first-order valence-corrected chi connectivity index (χ1v) is 11.4. The van der Waals surface area contributed by atoms with E-state index in [1.165, 1.54) is 0 Å². The molecule has 0 spiro atoms. The highest BCUT2D eigenvalue weighted by Gasteiger charge is 2.30. The molecule has 2 aromatic heterocycles. The van der Waals surface area contributed by atoms with E-state index in [9.17, 15) is 4.79 Å². The quantitative estimate of drug-likeness (QED) is 0.729. The van der Waals surface area contributed by atoms with Crippen molar-refractivity contribution >= 4 is 17.7 Å². The molecule has 31 heavy (non-hydrogen) atoms. The van der Waals surface area contributed by atoms with Crippen LogP contribution < -0.4 is 9.80 Å². The molecule has 0 bridgehead atoms. The number of fused-ring (bicyclic) bond motifs is 1. The average molecular weight is 426 g/mol. The van der Waals surface area contributed by atoms with Crippen LogP contribution in [0.15, 0.2) is 10.6 Å². The van der Waals surface area contributed by atoms with Gasteiger partial charge in [0.2, 0.25) is 5.95 Å². The number of rotatable bonds is 3. The molecule has 5 rings (SSSR count). The first kappa shape index (κ1) is 20.2. The third-order valence-corrected chi connectivity index (χ3v) is 6.66. The van der Waals surface area contributed by atoms with Crippen molar-refractivity contribution in [2.24, 2.45) is 0 Å². The molecular weight excluding hydrogens is 394 g/mol. The van der Waals surface area contributed by atoms with E-state index in [4.69, 9.17) is 14.5 Å². The maximum absolute atomic E-state index is 13.1. The number of nitrogens with zero attached hydrogens (tertiary/aromatic N) is 7. The third-order valence-electron chi connectivity index (χ3n) is 6.66. The van der Waals surface area contributed by atoms with Gasteiger partial charge in [-0.05, 0) is 33.2 Å². The molecule has 0 aromatic carbocycles. The molecule has 0 radical (unpaired) electrons. The average Bonchev–Trinajstić information content (AvgIpc) is 3.23. The minimum absolute atomic E-state index is 0.00478. The molecule has 2 aromatic rings. The Labute approximate surface area is 183 Å². The topological polar surface area (TPSA) is 81.8 Å². The Kier molecular flexibility index (Phi) is 5.52. The Bertz CT molecular complexity index is 943. The van der Waals surface area contributed by atoms with Crippen LogP contribution in [0.25, 0.3) is 0 Å². The number of aromatic nitrogens is 3. The number of hydrogen-bond donors (Lipinski definition) is 0. The Hall–Kier alpha value is -2.68. The molecule has 0 unspecified atom stereocenters. The fraction of sp³-hybridized carbons (Fsp3) is 0.636. The van der Waals surface area contributed by atoms with Crippen molar-refractivity contribution in [3.63, 3.8) is 0 Å². The molecule has 1 aliphatic carbocycles. The van der Waals surface area contributed by atoms with Crippen LogP contribution >= 0.6 is 0 Å². The lowest BCUT2D eigenvalue weighted by Gasteiger charge is -2.36. The van der Waals surface area contributed by atoms with Crippen LogP contribution in [0, 0.1) is 6.92 Å². The molecule has 0 atom stereocenters. The molecule has 166 valence electrons. The van der Waals surface area contributed by atoms with Crippen LogP contribution in [0.3, 0.4) is 0 Å². The van der Waals surface area contributed by atoms with Gasteiger partial charge >= 0.3 is 0 Å². The molecule has 4 heterocycles. The fourth-order valence-corrected chi connectivity index (χ4v) is 4.69. The number of anilines is 2. The summed E-state index contributed by atoms with van der Waals surface area (Å²) in [5, 5.41) is 4.12. The molecule has 0 saturated carbocycles. The number of hydrogen-bond acceptors (Lipinski definition) is 8. The van der Waals surface area contributed by atoms with Gasteiger partial charge < -0.3 is 24.1 Å². The van der Waals surface area contributed by atoms with E-state index >= 15 is 0 Å². The monoisotopic (exact) mass is 425 g/mol. The molecule has 2 fully saturated rings. The second kappa shape index (κ2) is 8.45. The summed E-state index contributed by atoms with van der Waals surface area (Å²) in [5.41, 5.74) is 2.52. The number of aryl methyl sites for hydroxylation is 2. The van der Waals surface area contributed by atoms with E-state index in [0.717, 1.165) is 93.7 Å². The van der Waals surface area contributed by atoms with Gasteiger partial charge in [0, 0.05) is 76.1 Å². The Balaban J connectivity index is 1.25. The Morgan fingerprint density at radius 1 is 0.935 bits per heavy atom. The van der Waals surface area contributed by atoms with Crippen LogP contribution in [-0.4, -0.2) is 90.2 Å². The highest BCUT2D eigenvalue weighted by atomic mass is 16.5. The minimum Gasteiger partial charge on any atom is -0.360 e. The van der Waals surface area contributed by atoms with Crippen molar-refractivity contribution in [3.05, 3.63) is 28.8 Å². The molecule has 2 saturated heterocycles. The molecule has 9 nitrogen and oxygen atoms in total. The van der Waals surface area contributed by atoms with Crippen molar-refractivity contribution < 1.29 is 9.32 Å². The number of piperazine rings is 2. The van der Waals surface area contributed by atoms with Crippen molar-refractivity contribution in [3.8, 4) is 0 Å². The molecule has 9 heteroatoms. The number of carbonyl (C=O) groups excluding carboxylic acids is 1. The molecule has 3 aliphatic rings. The zero-order chi connectivity index (χ0) is 21.4. The number of likely N-dealkylation sites (N-methyl/N-ethyl adjacent to an activating group) is 1. The number of amides is 1. The van der Waals surface area contributed by atoms with Crippen LogP contribution in [-0.2, 0) is 12.8 Å². The summed E-state index contributed by atoms with van der Waals surface area (Å²) >= 11 is 0. The predicted molar refractivity (Wildman–Crippen MR) is 118 cm³/mol. The normalized spacial score (nSPS) is 20.1. The van der Waals surface area contributed by atoms with E-state index in [0.29, 0.717) is 18.8 Å². The van der Waals surface area contributed by atoms with Gasteiger partial charge in [0.1, 0.15) is 11.6 Å². The van der Waals surface area contributed by atoms with E-state index < -0.39 is 0 Å². The molecule has 1 amide bonds. The first-order valence-electron chi connectivity index (χ1n) is 11.4. The molecular formula is C22H31N7O2. The lowest BCUT2D eigenvalue weighted by Crippen LogP contribution is -2.49. The van der Waals surface area contributed by atoms with Crippen molar-refractivity contribution in [2.45, 2.75) is 32.6 Å². The van der Waals surface area contributed by atoms with Gasteiger partial charge in [-0.15, -0.1) is 0 Å². The highest BCUT2D eigenvalue weighted by Crippen LogP contribution is 2.26. The van der Waals surface area contributed by atoms with E-state index in [1.54, 1.807) is 0 Å². The third kappa shape index (κ3) is 4.11. The van der Waals surface area contributed by atoms with Gasteiger partial charge in [-0.25, -0.2) is 4.98 Å². The maximum atomic E-state index is 13.1. The van der Waals surface area contributed by atoms with Gasteiger partial charge in [0.05, 0.1) is 0 Å². The SMILES string of the molecule is Cc1cc(N2CCN(C)CC2)nc(N2CCN(C(=O)c3noc4c3CCCC4)CC2)n1. The van der Waals surface area contributed by atoms with Crippen LogP contribution in [0.2, 0.25) is 0 Å². The van der Waals surface area contributed by atoms with Gasteiger partial charge in [-0.2, -0.15) is 4.98 Å². The summed E-state index contributed by atoms with van der Waals surface area (Å²) in [5.74, 6) is 2.66. The van der Waals surface area contributed by atoms with Crippen LogP contribution in [0.4, 0.5) is 11.8 Å². The van der Waals surface area contributed by atoms with E-state index in [1.807, 2.05) is 11.8 Å². The van der Waals surface area contributed by atoms with Gasteiger partial charge in [-0.1, -0.05) is 5.16 Å². The van der Waals surface area contributed by atoms with Crippen molar-refractivity contribution in [1.29, 1.82) is 0 Å². The zero-order valence-electron chi connectivity index (χ0n) is 18.5. The lowest BCUT2D eigenvalue weighted by molar-refractivity contribution is 0.0734. The van der Waals surface area contributed by atoms with Crippen molar-refractivity contribution in [1.82, 2.24) is 24.9 Å². The van der Waals surface area contributed by atoms with Crippen molar-refractivity contribution in [2.75, 3.05) is 69.2 Å². The lowest BCUT2D eigenvalue weighted by atomic mass is 9.96. The van der Waals surface area contributed by atoms with E-state index in [2.05, 4.69) is 33.0 Å². The van der Waals surface area contributed by atoms with Crippen LogP contribution in [0.5, 0.6) is 0 Å². The van der Waals surface area contributed by atoms with E-state index in [-0.39, 0.29) is 5.91 Å². The second-order valence-electron chi connectivity index (χ2n) is 8.88. The Morgan fingerprint density at radius 3 is 2.42 bits per heavy atom. The summed E-state index contributed by atoms with van der Waals surface area (Å²) < 4.78 is 5.44. The zero-order valence-corrected chi connectivity index (χ0v) is 18.5. The largest absolute Gasteiger partial charge is 0.360 e. The summed E-state index contributed by atoms with van der Waals surface area (Å²) in [6.07, 6.45) is 4.00. The smallest absolute Gasteiger partial charge is 0.276 e. The first-order chi connectivity index (χ1) is 15.1. The Morgan fingerprint density at radius 2 is 1.65 bits per heavy atom. The fourth-order valence-electron chi connectivity index (χ4n) is 4.69. The summed E-state index contributed by atoms with van der Waals surface area (Å²) in [6, 6.07) is 2.07. The minimum atomic E-state index is -0.00478. The molecule has 2 aliphatic heterocycles. The standard InChI is InChI=1S/C22H31N7O2/c1-16-15-19(27-9-7-26(2)8-10-27)24-22(23-16)29-13-11-28(12-14-29)21(30)20-17-5-3-4-6-18(17)31-25-20/h15H,3-14H2,1-2H3. The van der Waals surface area contributed by atoms with Gasteiger partial charge in [0.15, 0.2) is 5.69 Å². The van der Waals surface area contributed by atoms with Crippen LogP contribution in [0.1, 0.15) is 40.3 Å². The molecule has 0 N–H and O–H groups in total. The van der Waals surface area contributed by atoms with Gasteiger partial charge in [0.25, 0.3) is 5.91 Å². The predicted octanol–water partition coefficient (Wildman–Crippen LogP) is 1.37. The maximum Gasteiger partial charge on any atom is 0.276 e. The number of carbonyl (C=O) groups is 1. The summed E-state index contributed by atoms with van der Waals surface area (Å²) in [6.45, 7) is 8.81. The second-order valence-corrected chi connectivity index (χ2v) is 8.88.